The quantitative estimate of drug-likeness (QED) is 0.143. The SMILES string of the molecule is CN(C(=O)c1ccc(C#N)cc1)c1cccc(C(=O)N(I)c2ccc(C(F)(C(F)(F)F)C(F)(F)C(F)(F)F)cc2C(F)(F)F)c1. The largest absolute Gasteiger partial charge is 0.457 e. The van der Waals surface area contributed by atoms with E-state index in [0.717, 1.165) is 39.9 Å². The standard InChI is InChI=1S/C27H14F12IN3O2/c1-42(21(44)15-7-5-14(13-41)6-8-15)18-4-2-3-16(11-18)22(45)43(40)20-10-9-17(12-19(20)24(29,30)31)23(28,26(34,35)36)25(32,33)27(37,38)39/h2-12H,1H3. The maximum Gasteiger partial charge on any atom is 0.457 e. The molecule has 0 saturated carbocycles. The lowest BCUT2D eigenvalue weighted by Crippen LogP contribution is -2.59. The first-order valence-electron chi connectivity index (χ1n) is 11.8. The van der Waals surface area contributed by atoms with E-state index in [9.17, 15) is 62.3 Å². The van der Waals surface area contributed by atoms with E-state index in [2.05, 4.69) is 0 Å². The van der Waals surface area contributed by atoms with Crippen LogP contribution in [0.15, 0.2) is 66.7 Å². The van der Waals surface area contributed by atoms with Crippen molar-refractivity contribution in [1.82, 2.24) is 0 Å². The fraction of sp³-hybridized carbons (Fsp3) is 0.222. The highest BCUT2D eigenvalue weighted by Gasteiger charge is 2.81. The monoisotopic (exact) mass is 767 g/mol. The van der Waals surface area contributed by atoms with Crippen molar-refractivity contribution >= 4 is 46.1 Å². The minimum absolute atomic E-state index is 0.0215. The maximum absolute atomic E-state index is 14.9. The van der Waals surface area contributed by atoms with E-state index in [-0.39, 0.29) is 32.1 Å². The fourth-order valence-corrected chi connectivity index (χ4v) is 4.63. The van der Waals surface area contributed by atoms with Crippen molar-refractivity contribution in [3.63, 3.8) is 0 Å². The lowest BCUT2D eigenvalue weighted by atomic mass is 9.86. The topological polar surface area (TPSA) is 64.4 Å². The lowest BCUT2D eigenvalue weighted by Gasteiger charge is -2.36. The summed E-state index contributed by atoms with van der Waals surface area (Å²) in [5, 5.41) is 8.89. The average molecular weight is 767 g/mol. The molecule has 0 aliphatic rings. The second-order valence-electron chi connectivity index (χ2n) is 9.15. The molecule has 240 valence electrons. The minimum Gasteiger partial charge on any atom is -0.311 e. The molecule has 0 aliphatic carbocycles. The molecule has 0 heterocycles. The summed E-state index contributed by atoms with van der Waals surface area (Å²) < 4.78 is 163. The van der Waals surface area contributed by atoms with E-state index in [1.807, 2.05) is 6.07 Å². The highest BCUT2D eigenvalue weighted by Crippen LogP contribution is 2.59. The van der Waals surface area contributed by atoms with Crippen LogP contribution in [0.25, 0.3) is 0 Å². The van der Waals surface area contributed by atoms with Crippen LogP contribution in [0, 0.1) is 11.3 Å². The van der Waals surface area contributed by atoms with Gasteiger partial charge in [0.05, 0.1) is 45.7 Å². The van der Waals surface area contributed by atoms with Crippen molar-refractivity contribution in [3.8, 4) is 6.07 Å². The maximum atomic E-state index is 14.9. The van der Waals surface area contributed by atoms with Crippen molar-refractivity contribution < 1.29 is 62.3 Å². The number of nitrogens with zero attached hydrogens (tertiary/aromatic N) is 3. The summed E-state index contributed by atoms with van der Waals surface area (Å²) in [5.74, 6) is -9.16. The van der Waals surface area contributed by atoms with E-state index >= 15 is 0 Å². The Bertz CT molecular complexity index is 1650. The molecule has 0 radical (unpaired) electrons. The van der Waals surface area contributed by atoms with Gasteiger partial charge in [-0.3, -0.25) is 9.59 Å². The number of hydrogen-bond donors (Lipinski definition) is 0. The zero-order valence-corrected chi connectivity index (χ0v) is 24.1. The molecule has 2 amide bonds. The highest BCUT2D eigenvalue weighted by molar-refractivity contribution is 14.1. The number of halogens is 13. The highest BCUT2D eigenvalue weighted by atomic mass is 127. The third-order valence-electron chi connectivity index (χ3n) is 6.31. The number of anilines is 2. The van der Waals surface area contributed by atoms with Gasteiger partial charge in [-0.15, -0.1) is 0 Å². The molecule has 3 aromatic carbocycles. The number of alkyl halides is 12. The van der Waals surface area contributed by atoms with Crippen LogP contribution >= 0.6 is 22.9 Å². The van der Waals surface area contributed by atoms with Crippen LogP contribution in [0.4, 0.5) is 64.1 Å². The molecule has 18 heteroatoms. The Morgan fingerprint density at radius 3 is 1.80 bits per heavy atom. The summed E-state index contributed by atoms with van der Waals surface area (Å²) in [6.45, 7) is 0. The Kier molecular flexibility index (Phi) is 9.50. The number of carbonyl (C=O) groups is 2. The Morgan fingerprint density at radius 1 is 0.733 bits per heavy atom. The van der Waals surface area contributed by atoms with Crippen LogP contribution in [0.2, 0.25) is 0 Å². The molecule has 0 saturated heterocycles. The van der Waals surface area contributed by atoms with Crippen LogP contribution in [-0.2, 0) is 11.8 Å². The number of hydrogen-bond acceptors (Lipinski definition) is 3. The van der Waals surface area contributed by atoms with Crippen molar-refractivity contribution in [2.75, 3.05) is 15.1 Å². The second-order valence-corrected chi connectivity index (χ2v) is 10.1. The molecule has 45 heavy (non-hydrogen) atoms. The first-order valence-corrected chi connectivity index (χ1v) is 12.8. The first-order chi connectivity index (χ1) is 20.5. The number of benzene rings is 3. The molecule has 0 fully saturated rings. The van der Waals surface area contributed by atoms with E-state index in [1.54, 1.807) is 0 Å². The van der Waals surface area contributed by atoms with Gasteiger partial charge in [0.15, 0.2) is 0 Å². The van der Waals surface area contributed by atoms with Gasteiger partial charge in [-0.05, 0) is 54.6 Å². The molecule has 1 atom stereocenters. The normalized spacial score (nSPS) is 13.9. The van der Waals surface area contributed by atoms with Crippen molar-refractivity contribution in [1.29, 1.82) is 5.26 Å². The Morgan fingerprint density at radius 2 is 1.31 bits per heavy atom. The summed E-state index contributed by atoms with van der Waals surface area (Å²) in [6, 6.07) is 10.6. The van der Waals surface area contributed by atoms with Gasteiger partial charge in [0, 0.05) is 29.4 Å². The van der Waals surface area contributed by atoms with Crippen molar-refractivity contribution in [2.45, 2.75) is 30.1 Å². The van der Waals surface area contributed by atoms with E-state index in [1.165, 1.54) is 43.4 Å². The molecule has 0 N–H and O–H groups in total. The van der Waals surface area contributed by atoms with Gasteiger partial charge in [-0.1, -0.05) is 12.1 Å². The van der Waals surface area contributed by atoms with Crippen molar-refractivity contribution in [3.05, 3.63) is 94.5 Å². The Hall–Kier alpha value is -4.02. The van der Waals surface area contributed by atoms with Crippen LogP contribution < -0.4 is 8.01 Å². The molecular weight excluding hydrogens is 753 g/mol. The number of rotatable bonds is 6. The van der Waals surface area contributed by atoms with Crippen LogP contribution in [0.3, 0.4) is 0 Å². The van der Waals surface area contributed by atoms with Gasteiger partial charge >= 0.3 is 30.1 Å². The zero-order chi connectivity index (χ0) is 34.3. The minimum atomic E-state index is -7.22. The summed E-state index contributed by atoms with van der Waals surface area (Å²) >= 11 is 0.972. The van der Waals surface area contributed by atoms with E-state index in [0.29, 0.717) is 0 Å². The molecule has 3 rings (SSSR count). The second kappa shape index (κ2) is 12.1. The molecular formula is C27H14F12IN3O2. The molecule has 0 bridgehead atoms. The predicted octanol–water partition coefficient (Wildman–Crippen LogP) is 8.78. The molecule has 1 unspecified atom stereocenters. The summed E-state index contributed by atoms with van der Waals surface area (Å²) in [7, 11) is 1.27. The van der Waals surface area contributed by atoms with E-state index in [4.69, 9.17) is 5.26 Å². The smallest absolute Gasteiger partial charge is 0.311 e. The Labute approximate surface area is 259 Å². The summed E-state index contributed by atoms with van der Waals surface area (Å²) in [5.41, 5.74) is -13.0. The van der Waals surface area contributed by atoms with Gasteiger partial charge in [0.2, 0.25) is 0 Å². The van der Waals surface area contributed by atoms with Gasteiger partial charge < -0.3 is 4.90 Å². The molecule has 0 aromatic heterocycles. The predicted molar refractivity (Wildman–Crippen MR) is 142 cm³/mol. The molecule has 3 aromatic rings. The first kappa shape index (κ1) is 35.5. The third-order valence-corrected chi connectivity index (χ3v) is 7.27. The van der Waals surface area contributed by atoms with Crippen molar-refractivity contribution in [2.24, 2.45) is 0 Å². The van der Waals surface area contributed by atoms with E-state index < -0.39 is 70.4 Å². The van der Waals surface area contributed by atoms with Gasteiger partial charge in [-0.2, -0.15) is 53.6 Å². The average Bonchev–Trinajstić information content (AvgIpc) is 2.97. The Balaban J connectivity index is 2.06. The zero-order valence-electron chi connectivity index (χ0n) is 21.9. The molecule has 5 nitrogen and oxygen atoms in total. The van der Waals surface area contributed by atoms with Crippen LogP contribution in [0.5, 0.6) is 0 Å². The number of nitriles is 1. The van der Waals surface area contributed by atoms with Gasteiger partial charge in [0.25, 0.3) is 11.8 Å². The van der Waals surface area contributed by atoms with Crippen LogP contribution in [-0.4, -0.2) is 37.1 Å². The number of carbonyl (C=O) groups excluding carboxylic acids is 2. The summed E-state index contributed by atoms with van der Waals surface area (Å²) in [4.78, 5) is 27.0. The number of amides is 2. The van der Waals surface area contributed by atoms with Crippen LogP contribution in [0.1, 0.15) is 37.4 Å². The fourth-order valence-electron chi connectivity index (χ4n) is 3.94. The van der Waals surface area contributed by atoms with Gasteiger partial charge in [0.1, 0.15) is 0 Å². The molecule has 0 aliphatic heterocycles. The third kappa shape index (κ3) is 6.53. The molecule has 0 spiro atoms. The summed E-state index contributed by atoms with van der Waals surface area (Å²) in [6.07, 6.45) is -20.0. The van der Waals surface area contributed by atoms with Gasteiger partial charge in [-0.25, -0.2) is 7.50 Å². The lowest BCUT2D eigenvalue weighted by molar-refractivity contribution is -0.389.